The lowest BCUT2D eigenvalue weighted by molar-refractivity contribution is 0.101. The summed E-state index contributed by atoms with van der Waals surface area (Å²) in [6, 6.07) is 9.30. The van der Waals surface area contributed by atoms with Crippen molar-refractivity contribution in [2.24, 2.45) is 0 Å². The summed E-state index contributed by atoms with van der Waals surface area (Å²) in [7, 11) is 0. The summed E-state index contributed by atoms with van der Waals surface area (Å²) in [6.45, 7) is 3.68. The number of carbonyl (C=O) groups is 1. The molecule has 1 N–H and O–H groups in total. The van der Waals surface area contributed by atoms with Gasteiger partial charge in [0, 0.05) is 30.5 Å². The number of rotatable bonds is 4. The number of ketones is 1. The predicted molar refractivity (Wildman–Crippen MR) is 87.8 cm³/mol. The summed E-state index contributed by atoms with van der Waals surface area (Å²) in [6.07, 6.45) is 5.52. The van der Waals surface area contributed by atoms with Gasteiger partial charge in [-0.25, -0.2) is 4.98 Å². The van der Waals surface area contributed by atoms with Crippen molar-refractivity contribution < 1.29 is 4.79 Å². The molecule has 0 bridgehead atoms. The molecule has 1 fully saturated rings. The van der Waals surface area contributed by atoms with Crippen LogP contribution in [0.4, 0.5) is 17.5 Å². The van der Waals surface area contributed by atoms with E-state index in [1.54, 1.807) is 25.3 Å². The molecule has 2 heterocycles. The highest BCUT2D eigenvalue weighted by atomic mass is 16.1. The molecule has 22 heavy (non-hydrogen) atoms. The van der Waals surface area contributed by atoms with Gasteiger partial charge in [0.1, 0.15) is 5.82 Å². The Bertz CT molecular complexity index is 648. The quantitative estimate of drug-likeness (QED) is 0.876. The Morgan fingerprint density at radius 3 is 2.50 bits per heavy atom. The first-order valence-electron chi connectivity index (χ1n) is 7.68. The van der Waals surface area contributed by atoms with Gasteiger partial charge in [0.2, 0.25) is 5.95 Å². The molecule has 3 rings (SSSR count). The van der Waals surface area contributed by atoms with Gasteiger partial charge in [-0.1, -0.05) is 0 Å². The van der Waals surface area contributed by atoms with E-state index in [4.69, 9.17) is 0 Å². The third-order valence-corrected chi connectivity index (χ3v) is 3.87. The van der Waals surface area contributed by atoms with Crippen LogP contribution in [0.5, 0.6) is 0 Å². The van der Waals surface area contributed by atoms with Gasteiger partial charge in [-0.3, -0.25) is 4.79 Å². The smallest absolute Gasteiger partial charge is 0.229 e. The molecular formula is C17H20N4O. The van der Waals surface area contributed by atoms with E-state index in [2.05, 4.69) is 20.2 Å². The van der Waals surface area contributed by atoms with Crippen LogP contribution in [0.3, 0.4) is 0 Å². The number of aromatic nitrogens is 2. The molecule has 1 aliphatic heterocycles. The molecule has 0 radical (unpaired) electrons. The number of piperidine rings is 1. The first-order chi connectivity index (χ1) is 10.7. The maximum absolute atomic E-state index is 11.3. The van der Waals surface area contributed by atoms with Crippen molar-refractivity contribution in [3.05, 3.63) is 42.1 Å². The topological polar surface area (TPSA) is 58.1 Å². The van der Waals surface area contributed by atoms with Crippen molar-refractivity contribution in [2.75, 3.05) is 23.3 Å². The SMILES string of the molecule is CC(=O)c1ccc(Nc2nccc(N3CCCCC3)n2)cc1. The van der Waals surface area contributed by atoms with Crippen LogP contribution < -0.4 is 10.2 Å². The summed E-state index contributed by atoms with van der Waals surface area (Å²) in [5.74, 6) is 1.62. The minimum atomic E-state index is 0.0647. The highest BCUT2D eigenvalue weighted by molar-refractivity contribution is 5.94. The Labute approximate surface area is 130 Å². The minimum Gasteiger partial charge on any atom is -0.356 e. The van der Waals surface area contributed by atoms with Crippen LogP contribution in [0.1, 0.15) is 36.5 Å². The molecule has 0 unspecified atom stereocenters. The van der Waals surface area contributed by atoms with Crippen molar-refractivity contribution in [3.63, 3.8) is 0 Å². The number of hydrogen-bond acceptors (Lipinski definition) is 5. The fourth-order valence-corrected chi connectivity index (χ4v) is 2.63. The fraction of sp³-hybridized carbons (Fsp3) is 0.353. The molecule has 1 saturated heterocycles. The fourth-order valence-electron chi connectivity index (χ4n) is 2.63. The molecule has 114 valence electrons. The van der Waals surface area contributed by atoms with Crippen LogP contribution in [0.15, 0.2) is 36.5 Å². The van der Waals surface area contributed by atoms with E-state index in [1.807, 2.05) is 18.2 Å². The first kappa shape index (κ1) is 14.5. The van der Waals surface area contributed by atoms with Gasteiger partial charge < -0.3 is 10.2 Å². The zero-order valence-electron chi connectivity index (χ0n) is 12.7. The van der Waals surface area contributed by atoms with Crippen molar-refractivity contribution >= 4 is 23.2 Å². The second kappa shape index (κ2) is 6.56. The molecule has 0 aliphatic carbocycles. The van der Waals surface area contributed by atoms with E-state index in [0.29, 0.717) is 11.5 Å². The van der Waals surface area contributed by atoms with Crippen LogP contribution in [0.25, 0.3) is 0 Å². The molecule has 2 aromatic rings. The Hall–Kier alpha value is -2.43. The van der Waals surface area contributed by atoms with Crippen LogP contribution in [0, 0.1) is 0 Å². The van der Waals surface area contributed by atoms with E-state index in [0.717, 1.165) is 24.6 Å². The van der Waals surface area contributed by atoms with Crippen LogP contribution in [0.2, 0.25) is 0 Å². The number of Topliss-reactive ketones (excluding diaryl/α,β-unsaturated/α-hetero) is 1. The molecule has 0 amide bonds. The molecule has 0 spiro atoms. The van der Waals surface area contributed by atoms with Crippen molar-refractivity contribution in [1.29, 1.82) is 0 Å². The lowest BCUT2D eigenvalue weighted by atomic mass is 10.1. The summed E-state index contributed by atoms with van der Waals surface area (Å²) >= 11 is 0. The Morgan fingerprint density at radius 1 is 1.09 bits per heavy atom. The highest BCUT2D eigenvalue weighted by Crippen LogP contribution is 2.20. The Kier molecular flexibility index (Phi) is 4.32. The summed E-state index contributed by atoms with van der Waals surface area (Å²) in [4.78, 5) is 22.4. The van der Waals surface area contributed by atoms with Gasteiger partial charge in [0.25, 0.3) is 0 Å². The third-order valence-electron chi connectivity index (χ3n) is 3.87. The minimum absolute atomic E-state index is 0.0647. The average Bonchev–Trinajstić information content (AvgIpc) is 2.56. The predicted octanol–water partition coefficient (Wildman–Crippen LogP) is 3.41. The molecule has 5 nitrogen and oxygen atoms in total. The molecule has 1 aromatic carbocycles. The Balaban J connectivity index is 1.73. The van der Waals surface area contributed by atoms with Crippen molar-refractivity contribution in [2.45, 2.75) is 26.2 Å². The van der Waals surface area contributed by atoms with E-state index in [9.17, 15) is 4.79 Å². The number of nitrogens with one attached hydrogen (secondary N) is 1. The molecule has 0 atom stereocenters. The van der Waals surface area contributed by atoms with Gasteiger partial charge in [0.15, 0.2) is 5.78 Å². The van der Waals surface area contributed by atoms with Crippen molar-refractivity contribution in [1.82, 2.24) is 9.97 Å². The highest BCUT2D eigenvalue weighted by Gasteiger charge is 2.12. The number of anilines is 3. The van der Waals surface area contributed by atoms with Gasteiger partial charge in [-0.05, 0) is 56.5 Å². The normalized spacial score (nSPS) is 14.7. The summed E-state index contributed by atoms with van der Waals surface area (Å²) in [5.41, 5.74) is 1.58. The lowest BCUT2D eigenvalue weighted by Crippen LogP contribution is -2.30. The zero-order chi connectivity index (χ0) is 15.4. The largest absolute Gasteiger partial charge is 0.356 e. The molecule has 1 aliphatic rings. The number of carbonyl (C=O) groups excluding carboxylic acids is 1. The van der Waals surface area contributed by atoms with E-state index in [-0.39, 0.29) is 5.78 Å². The number of nitrogens with zero attached hydrogens (tertiary/aromatic N) is 3. The maximum atomic E-state index is 11.3. The summed E-state index contributed by atoms with van der Waals surface area (Å²) < 4.78 is 0. The third kappa shape index (κ3) is 3.42. The molecular weight excluding hydrogens is 276 g/mol. The Morgan fingerprint density at radius 2 is 1.82 bits per heavy atom. The van der Waals surface area contributed by atoms with E-state index >= 15 is 0 Å². The van der Waals surface area contributed by atoms with Crippen LogP contribution >= 0.6 is 0 Å². The standard InChI is InChI=1S/C17H20N4O/c1-13(22)14-5-7-15(8-6-14)19-17-18-10-9-16(20-17)21-11-3-2-4-12-21/h5-10H,2-4,11-12H2,1H3,(H,18,19,20). The second-order valence-electron chi connectivity index (χ2n) is 5.54. The molecule has 0 saturated carbocycles. The van der Waals surface area contributed by atoms with E-state index < -0.39 is 0 Å². The lowest BCUT2D eigenvalue weighted by Gasteiger charge is -2.27. The first-order valence-corrected chi connectivity index (χ1v) is 7.68. The number of benzene rings is 1. The molecule has 5 heteroatoms. The van der Waals surface area contributed by atoms with Gasteiger partial charge in [0.05, 0.1) is 0 Å². The van der Waals surface area contributed by atoms with Crippen molar-refractivity contribution in [3.8, 4) is 0 Å². The molecule has 1 aromatic heterocycles. The van der Waals surface area contributed by atoms with Gasteiger partial charge in [-0.2, -0.15) is 4.98 Å². The second-order valence-corrected chi connectivity index (χ2v) is 5.54. The van der Waals surface area contributed by atoms with Gasteiger partial charge in [-0.15, -0.1) is 0 Å². The van der Waals surface area contributed by atoms with Crippen LogP contribution in [-0.4, -0.2) is 28.8 Å². The zero-order valence-corrected chi connectivity index (χ0v) is 12.7. The number of hydrogen-bond donors (Lipinski definition) is 1. The average molecular weight is 296 g/mol. The summed E-state index contributed by atoms with van der Waals surface area (Å²) in [5, 5.41) is 3.19. The maximum Gasteiger partial charge on any atom is 0.229 e. The van der Waals surface area contributed by atoms with Crippen LogP contribution in [-0.2, 0) is 0 Å². The van der Waals surface area contributed by atoms with Gasteiger partial charge >= 0.3 is 0 Å². The van der Waals surface area contributed by atoms with E-state index in [1.165, 1.54) is 19.3 Å². The monoisotopic (exact) mass is 296 g/mol.